The largest absolute Gasteiger partial charge is 0.497 e. The van der Waals surface area contributed by atoms with Gasteiger partial charge in [0.15, 0.2) is 5.17 Å². The van der Waals surface area contributed by atoms with Crippen LogP contribution in [0.3, 0.4) is 0 Å². The van der Waals surface area contributed by atoms with E-state index in [0.717, 1.165) is 13.1 Å². The molecule has 0 radical (unpaired) electrons. The van der Waals surface area contributed by atoms with Crippen LogP contribution in [-0.2, 0) is 14.3 Å². The molecule has 8 heteroatoms. The number of nitrogens with one attached hydrogen (secondary N) is 1. The quantitative estimate of drug-likeness (QED) is 0.884. The van der Waals surface area contributed by atoms with E-state index in [1.165, 1.54) is 11.8 Å². The summed E-state index contributed by atoms with van der Waals surface area (Å²) >= 11 is 1.36. The Labute approximate surface area is 144 Å². The molecule has 3 rings (SSSR count). The zero-order valence-electron chi connectivity index (χ0n) is 13.4. The summed E-state index contributed by atoms with van der Waals surface area (Å²) in [6.45, 7) is 2.72. The fourth-order valence-electron chi connectivity index (χ4n) is 2.48. The maximum atomic E-state index is 12.2. The third-order valence-corrected chi connectivity index (χ3v) is 4.95. The monoisotopic (exact) mass is 349 g/mol. The molecule has 1 saturated heterocycles. The molecule has 24 heavy (non-hydrogen) atoms. The molecule has 2 aliphatic rings. The minimum Gasteiger partial charge on any atom is -0.497 e. The molecule has 1 atom stereocenters. The molecule has 2 amide bonds. The molecule has 0 aliphatic carbocycles. The lowest BCUT2D eigenvalue weighted by molar-refractivity contribution is -0.121. The normalized spacial score (nSPS) is 20.7. The number of amidine groups is 1. The highest BCUT2D eigenvalue weighted by Gasteiger charge is 2.33. The lowest BCUT2D eigenvalue weighted by Gasteiger charge is -2.27. The highest BCUT2D eigenvalue weighted by Crippen LogP contribution is 2.28. The number of anilines is 1. The van der Waals surface area contributed by atoms with Crippen LogP contribution in [0.25, 0.3) is 0 Å². The average molecular weight is 349 g/mol. The zero-order valence-corrected chi connectivity index (χ0v) is 14.2. The predicted molar refractivity (Wildman–Crippen MR) is 92.5 cm³/mol. The van der Waals surface area contributed by atoms with Crippen molar-refractivity contribution in [1.29, 1.82) is 0 Å². The highest BCUT2D eigenvalue weighted by atomic mass is 32.2. The van der Waals surface area contributed by atoms with Crippen LogP contribution in [0.1, 0.15) is 6.42 Å². The van der Waals surface area contributed by atoms with Gasteiger partial charge in [0.25, 0.3) is 5.91 Å². The van der Waals surface area contributed by atoms with Gasteiger partial charge in [-0.25, -0.2) is 0 Å². The first-order chi connectivity index (χ1) is 11.7. The van der Waals surface area contributed by atoms with E-state index in [9.17, 15) is 9.59 Å². The van der Waals surface area contributed by atoms with Crippen LogP contribution in [0.2, 0.25) is 0 Å². The molecule has 0 aromatic heterocycles. The SMILES string of the molecule is COc1cccc(NC(=O)CC2SC(N3CCOCC3)=NC2=O)c1. The van der Waals surface area contributed by atoms with Gasteiger partial charge in [-0.1, -0.05) is 17.8 Å². The Morgan fingerprint density at radius 3 is 3.00 bits per heavy atom. The molecule has 128 valence electrons. The van der Waals surface area contributed by atoms with Gasteiger partial charge in [-0.3, -0.25) is 9.59 Å². The van der Waals surface area contributed by atoms with Gasteiger partial charge in [-0.2, -0.15) is 4.99 Å². The second-order valence-corrected chi connectivity index (χ2v) is 6.59. The maximum Gasteiger partial charge on any atom is 0.262 e. The van der Waals surface area contributed by atoms with Crippen molar-refractivity contribution in [3.05, 3.63) is 24.3 Å². The van der Waals surface area contributed by atoms with Gasteiger partial charge in [0.05, 0.1) is 20.3 Å². The van der Waals surface area contributed by atoms with E-state index in [2.05, 4.69) is 10.3 Å². The number of morpholine rings is 1. The molecule has 2 heterocycles. The number of hydrogen-bond donors (Lipinski definition) is 1. The van der Waals surface area contributed by atoms with E-state index < -0.39 is 5.25 Å². The summed E-state index contributed by atoms with van der Waals surface area (Å²) in [5, 5.41) is 3.02. The van der Waals surface area contributed by atoms with Gasteiger partial charge in [-0.15, -0.1) is 0 Å². The standard InChI is InChI=1S/C16H19N3O4S/c1-22-12-4-2-3-11(9-12)17-14(20)10-13-15(21)18-16(24-13)19-5-7-23-8-6-19/h2-4,9,13H,5-8,10H2,1H3,(H,17,20). The fourth-order valence-corrected chi connectivity index (χ4v) is 3.60. The molecule has 1 fully saturated rings. The van der Waals surface area contributed by atoms with E-state index in [-0.39, 0.29) is 18.2 Å². The molecule has 2 aliphatic heterocycles. The second-order valence-electron chi connectivity index (χ2n) is 5.42. The number of carbonyl (C=O) groups excluding carboxylic acids is 2. The van der Waals surface area contributed by atoms with Gasteiger partial charge in [0.2, 0.25) is 5.91 Å². The number of nitrogens with zero attached hydrogens (tertiary/aromatic N) is 2. The summed E-state index contributed by atoms with van der Waals surface area (Å²) < 4.78 is 10.4. The summed E-state index contributed by atoms with van der Waals surface area (Å²) in [5.74, 6) is 0.201. The van der Waals surface area contributed by atoms with Crippen LogP contribution in [0.5, 0.6) is 5.75 Å². The topological polar surface area (TPSA) is 80.2 Å². The van der Waals surface area contributed by atoms with E-state index in [4.69, 9.17) is 9.47 Å². The number of benzene rings is 1. The van der Waals surface area contributed by atoms with Crippen molar-refractivity contribution in [3.63, 3.8) is 0 Å². The second kappa shape index (κ2) is 7.67. The zero-order chi connectivity index (χ0) is 16.9. The van der Waals surface area contributed by atoms with Gasteiger partial charge in [-0.05, 0) is 12.1 Å². The molecule has 1 unspecified atom stereocenters. The highest BCUT2D eigenvalue weighted by molar-refractivity contribution is 8.15. The van der Waals surface area contributed by atoms with Crippen LogP contribution < -0.4 is 10.1 Å². The third-order valence-electron chi connectivity index (χ3n) is 3.73. The van der Waals surface area contributed by atoms with Crippen LogP contribution in [0, 0.1) is 0 Å². The van der Waals surface area contributed by atoms with E-state index in [1.807, 2.05) is 4.90 Å². The number of thioether (sulfide) groups is 1. The van der Waals surface area contributed by atoms with Crippen molar-refractivity contribution in [2.75, 3.05) is 38.7 Å². The molecular formula is C16H19N3O4S. The smallest absolute Gasteiger partial charge is 0.262 e. The Bertz CT molecular complexity index is 658. The summed E-state index contributed by atoms with van der Waals surface area (Å²) in [6.07, 6.45) is 0.0953. The molecule has 0 saturated carbocycles. The van der Waals surface area contributed by atoms with Gasteiger partial charge < -0.3 is 19.7 Å². The van der Waals surface area contributed by atoms with Crippen molar-refractivity contribution in [2.45, 2.75) is 11.7 Å². The van der Waals surface area contributed by atoms with Crippen molar-refractivity contribution >= 4 is 34.4 Å². The van der Waals surface area contributed by atoms with E-state index in [1.54, 1.807) is 31.4 Å². The van der Waals surface area contributed by atoms with Gasteiger partial charge >= 0.3 is 0 Å². The molecule has 1 N–H and O–H groups in total. The molecule has 7 nitrogen and oxygen atoms in total. The summed E-state index contributed by atoms with van der Waals surface area (Å²) in [6, 6.07) is 7.11. The maximum absolute atomic E-state index is 12.2. The Morgan fingerprint density at radius 2 is 2.25 bits per heavy atom. The van der Waals surface area contributed by atoms with E-state index >= 15 is 0 Å². The number of amides is 2. The molecule has 1 aromatic carbocycles. The lowest BCUT2D eigenvalue weighted by Crippen LogP contribution is -2.39. The minimum absolute atomic E-state index is 0.0953. The minimum atomic E-state index is -0.464. The first kappa shape index (κ1) is 16.8. The number of hydrogen-bond acceptors (Lipinski definition) is 6. The predicted octanol–water partition coefficient (Wildman–Crippen LogP) is 1.35. The number of ether oxygens (including phenoxy) is 2. The van der Waals surface area contributed by atoms with Crippen molar-refractivity contribution < 1.29 is 19.1 Å². The molecule has 0 bridgehead atoms. The Kier molecular flexibility index (Phi) is 5.37. The van der Waals surface area contributed by atoms with E-state index in [0.29, 0.717) is 29.8 Å². The number of aliphatic imine (C=N–C) groups is 1. The fraction of sp³-hybridized carbons (Fsp3) is 0.438. The Hall–Kier alpha value is -2.06. The third kappa shape index (κ3) is 4.07. The van der Waals surface area contributed by atoms with Crippen molar-refractivity contribution in [3.8, 4) is 5.75 Å². The number of rotatable bonds is 4. The first-order valence-corrected chi connectivity index (χ1v) is 8.59. The number of methoxy groups -OCH3 is 1. The Morgan fingerprint density at radius 1 is 1.46 bits per heavy atom. The van der Waals surface area contributed by atoms with Crippen molar-refractivity contribution in [1.82, 2.24) is 4.90 Å². The lowest BCUT2D eigenvalue weighted by atomic mass is 10.2. The summed E-state index contributed by atoms with van der Waals surface area (Å²) in [7, 11) is 1.57. The first-order valence-electron chi connectivity index (χ1n) is 7.71. The molecule has 1 aromatic rings. The molecule has 0 spiro atoms. The van der Waals surface area contributed by atoms with Crippen LogP contribution >= 0.6 is 11.8 Å². The average Bonchev–Trinajstić information content (AvgIpc) is 2.96. The Balaban J connectivity index is 1.54. The van der Waals surface area contributed by atoms with Gasteiger partial charge in [0, 0.05) is 31.3 Å². The molecular weight excluding hydrogens is 330 g/mol. The number of carbonyl (C=O) groups is 2. The summed E-state index contributed by atoms with van der Waals surface area (Å²) in [5.41, 5.74) is 0.643. The van der Waals surface area contributed by atoms with Crippen molar-refractivity contribution in [2.24, 2.45) is 4.99 Å². The van der Waals surface area contributed by atoms with Gasteiger partial charge in [0.1, 0.15) is 11.0 Å². The van der Waals surface area contributed by atoms with Crippen LogP contribution in [0.15, 0.2) is 29.3 Å². The summed E-state index contributed by atoms with van der Waals surface area (Å²) in [4.78, 5) is 30.4. The van der Waals surface area contributed by atoms with Crippen LogP contribution in [0.4, 0.5) is 5.69 Å². The van der Waals surface area contributed by atoms with Crippen LogP contribution in [-0.4, -0.2) is 60.5 Å².